The third-order valence-electron chi connectivity index (χ3n) is 3.57. The monoisotopic (exact) mass is 308 g/mol. The zero-order valence-corrected chi connectivity index (χ0v) is 12.7. The lowest BCUT2D eigenvalue weighted by Crippen LogP contribution is -2.28. The van der Waals surface area contributed by atoms with Crippen LogP contribution in [0.25, 0.3) is 0 Å². The molecule has 1 aromatic rings. The molecule has 1 unspecified atom stereocenters. The highest BCUT2D eigenvalue weighted by Gasteiger charge is 2.21. The Balaban J connectivity index is 1.64. The fourth-order valence-electron chi connectivity index (χ4n) is 2.48. The number of nitrogens with zero attached hydrogens (tertiary/aromatic N) is 1. The van der Waals surface area contributed by atoms with E-state index in [-0.39, 0.29) is 5.91 Å². The van der Waals surface area contributed by atoms with Crippen LogP contribution in [0.3, 0.4) is 0 Å². The SMILES string of the molecule is O=C(N[SH]1CCC2=C(C=CN(Cl)C2)C1)c1ccccc1. The lowest BCUT2D eigenvalue weighted by atomic mass is 10.0. The van der Waals surface area contributed by atoms with Crippen molar-refractivity contribution in [3.63, 3.8) is 0 Å². The molecule has 0 radical (unpaired) electrons. The highest BCUT2D eigenvalue weighted by molar-refractivity contribution is 8.16. The summed E-state index contributed by atoms with van der Waals surface area (Å²) >= 11 is 5.52. The summed E-state index contributed by atoms with van der Waals surface area (Å²) in [4.78, 5) is 12.2. The Labute approximate surface area is 126 Å². The van der Waals surface area contributed by atoms with Crippen LogP contribution in [0.2, 0.25) is 0 Å². The van der Waals surface area contributed by atoms with Gasteiger partial charge in [0.1, 0.15) is 0 Å². The molecular weight excluding hydrogens is 292 g/mol. The highest BCUT2D eigenvalue weighted by atomic mass is 35.5. The number of carbonyl (C=O) groups excluding carboxylic acids is 1. The number of thiol groups is 1. The molecule has 0 saturated heterocycles. The van der Waals surface area contributed by atoms with Crippen molar-refractivity contribution in [2.75, 3.05) is 18.1 Å². The van der Waals surface area contributed by atoms with Gasteiger partial charge in [0.05, 0.1) is 6.54 Å². The number of allylic oxidation sites excluding steroid dienone is 1. The van der Waals surface area contributed by atoms with E-state index in [1.807, 2.05) is 36.5 Å². The lowest BCUT2D eigenvalue weighted by molar-refractivity contribution is 0.0983. The van der Waals surface area contributed by atoms with Gasteiger partial charge in [0.2, 0.25) is 0 Å². The molecule has 20 heavy (non-hydrogen) atoms. The van der Waals surface area contributed by atoms with Crippen LogP contribution in [0, 0.1) is 0 Å². The van der Waals surface area contributed by atoms with Gasteiger partial charge in [-0.2, -0.15) is 11.1 Å². The molecule has 3 nitrogen and oxygen atoms in total. The van der Waals surface area contributed by atoms with Gasteiger partial charge in [0.25, 0.3) is 5.91 Å². The van der Waals surface area contributed by atoms with Crippen molar-refractivity contribution in [3.8, 4) is 0 Å². The smallest absolute Gasteiger partial charge is 0.259 e. The van der Waals surface area contributed by atoms with Gasteiger partial charge in [-0.1, -0.05) is 18.2 Å². The van der Waals surface area contributed by atoms with Crippen molar-refractivity contribution in [2.45, 2.75) is 6.42 Å². The minimum atomic E-state index is -0.463. The van der Waals surface area contributed by atoms with E-state index < -0.39 is 11.1 Å². The van der Waals surface area contributed by atoms with E-state index in [9.17, 15) is 4.79 Å². The summed E-state index contributed by atoms with van der Waals surface area (Å²) < 4.78 is 4.88. The summed E-state index contributed by atoms with van der Waals surface area (Å²) in [6.07, 6.45) is 5.01. The fourth-order valence-corrected chi connectivity index (χ4v) is 4.72. The van der Waals surface area contributed by atoms with E-state index in [0.29, 0.717) is 0 Å². The minimum absolute atomic E-state index is 0.0412. The highest BCUT2D eigenvalue weighted by Crippen LogP contribution is 2.36. The minimum Gasteiger partial charge on any atom is -0.316 e. The van der Waals surface area contributed by atoms with E-state index in [0.717, 1.165) is 30.0 Å². The van der Waals surface area contributed by atoms with Crippen LogP contribution >= 0.6 is 22.9 Å². The van der Waals surface area contributed by atoms with Crippen LogP contribution in [0.1, 0.15) is 16.8 Å². The van der Waals surface area contributed by atoms with Crippen molar-refractivity contribution >= 4 is 28.8 Å². The van der Waals surface area contributed by atoms with Crippen LogP contribution < -0.4 is 4.72 Å². The zero-order valence-electron chi connectivity index (χ0n) is 11.1. The number of nitrogens with one attached hydrogen (secondary N) is 1. The van der Waals surface area contributed by atoms with E-state index in [1.54, 1.807) is 4.42 Å². The van der Waals surface area contributed by atoms with Gasteiger partial charge in [-0.3, -0.25) is 9.21 Å². The molecule has 3 rings (SSSR count). The van der Waals surface area contributed by atoms with Gasteiger partial charge >= 0.3 is 0 Å². The number of hydrogen-bond acceptors (Lipinski definition) is 2. The normalized spacial score (nSPS) is 23.4. The Morgan fingerprint density at radius 3 is 2.90 bits per heavy atom. The van der Waals surface area contributed by atoms with Crippen LogP contribution in [0.15, 0.2) is 53.8 Å². The third kappa shape index (κ3) is 3.02. The largest absolute Gasteiger partial charge is 0.316 e. The van der Waals surface area contributed by atoms with E-state index in [1.165, 1.54) is 11.1 Å². The van der Waals surface area contributed by atoms with Crippen LogP contribution in [0.4, 0.5) is 0 Å². The van der Waals surface area contributed by atoms with Crippen molar-refractivity contribution < 1.29 is 4.79 Å². The van der Waals surface area contributed by atoms with Gasteiger partial charge < -0.3 is 4.72 Å². The molecule has 2 aliphatic heterocycles. The second-order valence-electron chi connectivity index (χ2n) is 4.98. The quantitative estimate of drug-likeness (QED) is 0.650. The Kier molecular flexibility index (Phi) is 4.03. The second-order valence-corrected chi connectivity index (χ2v) is 7.48. The summed E-state index contributed by atoms with van der Waals surface area (Å²) in [6, 6.07) is 9.41. The van der Waals surface area contributed by atoms with Crippen LogP contribution in [-0.2, 0) is 0 Å². The number of carbonyl (C=O) groups is 1. The van der Waals surface area contributed by atoms with E-state index in [2.05, 4.69) is 10.8 Å². The number of benzene rings is 1. The molecule has 0 aromatic heterocycles. The number of halogens is 1. The molecule has 106 valence electrons. The maximum atomic E-state index is 12.2. The molecule has 1 aromatic carbocycles. The summed E-state index contributed by atoms with van der Waals surface area (Å²) in [5.41, 5.74) is 3.50. The molecular formula is C15H17ClN2OS. The Morgan fingerprint density at radius 2 is 2.10 bits per heavy atom. The van der Waals surface area contributed by atoms with Gasteiger partial charge in [-0.15, -0.1) is 0 Å². The van der Waals surface area contributed by atoms with Gasteiger partial charge in [-0.05, 0) is 41.5 Å². The van der Waals surface area contributed by atoms with Gasteiger partial charge in [0.15, 0.2) is 0 Å². The second kappa shape index (κ2) is 5.94. The molecule has 0 spiro atoms. The third-order valence-corrected chi connectivity index (χ3v) is 5.81. The van der Waals surface area contributed by atoms with Crippen molar-refractivity contribution in [3.05, 3.63) is 59.3 Å². The van der Waals surface area contributed by atoms with E-state index in [4.69, 9.17) is 11.8 Å². The Bertz CT molecular complexity index is 570. The molecule has 0 fully saturated rings. The molecule has 2 aliphatic rings. The number of hydrogen-bond donors (Lipinski definition) is 2. The number of amides is 1. The first kappa shape index (κ1) is 13.6. The maximum Gasteiger partial charge on any atom is 0.259 e. The van der Waals surface area contributed by atoms with E-state index >= 15 is 0 Å². The molecule has 1 amide bonds. The maximum absolute atomic E-state index is 12.2. The van der Waals surface area contributed by atoms with Crippen molar-refractivity contribution in [2.24, 2.45) is 0 Å². The first-order valence-corrected chi connectivity index (χ1v) is 8.70. The zero-order chi connectivity index (χ0) is 13.9. The van der Waals surface area contributed by atoms with Crippen LogP contribution in [0.5, 0.6) is 0 Å². The predicted molar refractivity (Wildman–Crippen MR) is 86.0 cm³/mol. The average Bonchev–Trinajstić information content (AvgIpc) is 2.48. The molecule has 0 saturated carbocycles. The van der Waals surface area contributed by atoms with Gasteiger partial charge in [-0.25, -0.2) is 0 Å². The average molecular weight is 309 g/mol. The summed E-state index contributed by atoms with van der Waals surface area (Å²) in [7, 11) is 0. The standard InChI is InChI=1S/C15H17ClN2OS/c16-18-8-6-14-11-20(9-7-13(14)10-18)17-15(19)12-4-2-1-3-5-12/h1-6,8,20H,7,9-11H2,(H,17,19). The lowest BCUT2D eigenvalue weighted by Gasteiger charge is -2.33. The van der Waals surface area contributed by atoms with Gasteiger partial charge in [0, 0.05) is 29.3 Å². The molecule has 0 aliphatic carbocycles. The molecule has 2 heterocycles. The fraction of sp³-hybridized carbons (Fsp3) is 0.267. The van der Waals surface area contributed by atoms with Crippen molar-refractivity contribution in [1.82, 2.24) is 9.14 Å². The molecule has 1 atom stereocenters. The molecule has 5 heteroatoms. The van der Waals surface area contributed by atoms with Crippen LogP contribution in [-0.4, -0.2) is 28.4 Å². The topological polar surface area (TPSA) is 32.3 Å². The Morgan fingerprint density at radius 1 is 1.30 bits per heavy atom. The summed E-state index contributed by atoms with van der Waals surface area (Å²) in [6.45, 7) is 0.809. The first-order valence-electron chi connectivity index (χ1n) is 6.65. The predicted octanol–water partition coefficient (Wildman–Crippen LogP) is 3.02. The van der Waals surface area contributed by atoms with Crippen molar-refractivity contribution in [1.29, 1.82) is 0 Å². The molecule has 1 N–H and O–H groups in total. The first-order chi connectivity index (χ1) is 9.72. The Hall–Kier alpha value is -1.39. The number of rotatable bonds is 2. The molecule has 0 bridgehead atoms. The summed E-state index contributed by atoms with van der Waals surface area (Å²) in [5.74, 6) is 2.05. The summed E-state index contributed by atoms with van der Waals surface area (Å²) in [5, 5.41) is 0.